The van der Waals surface area contributed by atoms with Crippen molar-refractivity contribution in [1.82, 2.24) is 5.32 Å². The molecule has 0 fully saturated rings. The zero-order chi connectivity index (χ0) is 9.84. The van der Waals surface area contributed by atoms with Crippen molar-refractivity contribution in [2.45, 2.75) is 13.3 Å². The molecule has 2 nitrogen and oxygen atoms in total. The van der Waals surface area contributed by atoms with Crippen molar-refractivity contribution in [2.24, 2.45) is 0 Å². The van der Waals surface area contributed by atoms with Gasteiger partial charge in [-0.25, -0.2) is 0 Å². The molecule has 0 radical (unpaired) electrons. The summed E-state index contributed by atoms with van der Waals surface area (Å²) in [5, 5.41) is 3.75. The average molecular weight is 199 g/mol. The highest BCUT2D eigenvalue weighted by molar-refractivity contribution is 6.33. The maximum Gasteiger partial charge on any atom is 0.0640 e. The van der Waals surface area contributed by atoms with Gasteiger partial charge < -0.3 is 11.1 Å². The van der Waals surface area contributed by atoms with E-state index in [2.05, 4.69) is 11.4 Å². The van der Waals surface area contributed by atoms with Crippen LogP contribution in [-0.2, 0) is 6.42 Å². The summed E-state index contributed by atoms with van der Waals surface area (Å²) in [5.41, 5.74) is 8.70. The van der Waals surface area contributed by atoms with Gasteiger partial charge in [0.15, 0.2) is 0 Å². The Kier molecular flexibility index (Phi) is 3.58. The molecule has 0 saturated carbocycles. The summed E-state index contributed by atoms with van der Waals surface area (Å²) < 4.78 is 0. The monoisotopic (exact) mass is 198 g/mol. The molecule has 0 aromatic heterocycles. The van der Waals surface area contributed by atoms with E-state index in [0.717, 1.165) is 18.5 Å². The zero-order valence-corrected chi connectivity index (χ0v) is 8.78. The molecular weight excluding hydrogens is 184 g/mol. The first-order valence-electron chi connectivity index (χ1n) is 4.34. The topological polar surface area (TPSA) is 38.0 Å². The molecule has 0 amide bonds. The summed E-state index contributed by atoms with van der Waals surface area (Å²) in [6, 6.07) is 4.01. The lowest BCUT2D eigenvalue weighted by atomic mass is 10.1. The maximum absolute atomic E-state index is 5.95. The van der Waals surface area contributed by atoms with Gasteiger partial charge in [0.1, 0.15) is 0 Å². The second-order valence-corrected chi connectivity index (χ2v) is 3.57. The minimum atomic E-state index is 0.658. The predicted molar refractivity (Wildman–Crippen MR) is 58.2 cm³/mol. The Labute approximate surface area is 84.1 Å². The number of nitrogens with one attached hydrogen (secondary N) is 1. The molecule has 1 aromatic rings. The Morgan fingerprint density at radius 3 is 2.69 bits per heavy atom. The lowest BCUT2D eigenvalue weighted by Gasteiger charge is -2.07. The van der Waals surface area contributed by atoms with Gasteiger partial charge >= 0.3 is 0 Å². The van der Waals surface area contributed by atoms with E-state index in [4.69, 9.17) is 17.3 Å². The molecule has 13 heavy (non-hydrogen) atoms. The van der Waals surface area contributed by atoms with E-state index >= 15 is 0 Å². The van der Waals surface area contributed by atoms with Gasteiger partial charge in [-0.1, -0.05) is 17.7 Å². The van der Waals surface area contributed by atoms with E-state index < -0.39 is 0 Å². The lowest BCUT2D eigenvalue weighted by Crippen LogP contribution is -2.10. The zero-order valence-electron chi connectivity index (χ0n) is 8.02. The fourth-order valence-electron chi connectivity index (χ4n) is 1.24. The number of hydrogen-bond acceptors (Lipinski definition) is 2. The Balaban J connectivity index is 2.86. The van der Waals surface area contributed by atoms with Crippen molar-refractivity contribution in [3.05, 3.63) is 28.3 Å². The quantitative estimate of drug-likeness (QED) is 0.730. The van der Waals surface area contributed by atoms with E-state index in [1.807, 2.05) is 20.0 Å². The molecule has 0 atom stereocenters. The van der Waals surface area contributed by atoms with Crippen molar-refractivity contribution in [2.75, 3.05) is 19.3 Å². The molecule has 0 aliphatic rings. The second-order valence-electron chi connectivity index (χ2n) is 3.16. The van der Waals surface area contributed by atoms with Crippen LogP contribution in [0.4, 0.5) is 5.69 Å². The maximum atomic E-state index is 5.95. The molecule has 0 aliphatic heterocycles. The lowest BCUT2D eigenvalue weighted by molar-refractivity contribution is 0.791. The minimum absolute atomic E-state index is 0.658. The van der Waals surface area contributed by atoms with Gasteiger partial charge in [-0.05, 0) is 44.1 Å². The van der Waals surface area contributed by atoms with Gasteiger partial charge in [0.25, 0.3) is 0 Å². The van der Waals surface area contributed by atoms with E-state index in [1.54, 1.807) is 0 Å². The largest absolute Gasteiger partial charge is 0.397 e. The standard InChI is InChI=1S/C10H15ClN2/c1-7-5-8(3-4-13-2)6-9(11)10(7)12/h5-6,13H,3-4,12H2,1-2H3. The molecule has 0 aliphatic carbocycles. The minimum Gasteiger partial charge on any atom is -0.397 e. The van der Waals surface area contributed by atoms with Crippen LogP contribution in [-0.4, -0.2) is 13.6 Å². The van der Waals surface area contributed by atoms with Crippen LogP contribution in [0.3, 0.4) is 0 Å². The number of hydrogen-bond donors (Lipinski definition) is 2. The third-order valence-corrected chi connectivity index (χ3v) is 2.37. The van der Waals surface area contributed by atoms with Crippen LogP contribution >= 0.6 is 11.6 Å². The van der Waals surface area contributed by atoms with Crippen LogP contribution in [0.1, 0.15) is 11.1 Å². The predicted octanol–water partition coefficient (Wildman–Crippen LogP) is 1.99. The van der Waals surface area contributed by atoms with Crippen LogP contribution in [0.15, 0.2) is 12.1 Å². The normalized spacial score (nSPS) is 10.4. The number of rotatable bonds is 3. The third-order valence-electron chi connectivity index (χ3n) is 2.06. The fourth-order valence-corrected chi connectivity index (χ4v) is 1.53. The number of halogens is 1. The van der Waals surface area contributed by atoms with E-state index in [0.29, 0.717) is 10.7 Å². The number of anilines is 1. The number of nitrogens with two attached hydrogens (primary N) is 1. The second kappa shape index (κ2) is 4.49. The molecule has 0 heterocycles. The molecule has 0 saturated heterocycles. The van der Waals surface area contributed by atoms with E-state index in [-0.39, 0.29) is 0 Å². The highest BCUT2D eigenvalue weighted by Gasteiger charge is 2.02. The van der Waals surface area contributed by atoms with Gasteiger partial charge in [-0.2, -0.15) is 0 Å². The van der Waals surface area contributed by atoms with Crippen molar-refractivity contribution >= 4 is 17.3 Å². The van der Waals surface area contributed by atoms with Crippen LogP contribution in [0, 0.1) is 6.92 Å². The van der Waals surface area contributed by atoms with E-state index in [9.17, 15) is 0 Å². The highest BCUT2D eigenvalue weighted by atomic mass is 35.5. The average Bonchev–Trinajstić information content (AvgIpc) is 2.10. The van der Waals surface area contributed by atoms with Gasteiger partial charge in [0, 0.05) is 0 Å². The molecule has 3 heteroatoms. The summed E-state index contributed by atoms with van der Waals surface area (Å²) >= 11 is 5.95. The van der Waals surface area contributed by atoms with Crippen molar-refractivity contribution in [3.63, 3.8) is 0 Å². The molecule has 0 unspecified atom stereocenters. The van der Waals surface area contributed by atoms with Crippen LogP contribution in [0.2, 0.25) is 5.02 Å². The number of likely N-dealkylation sites (N-methyl/N-ethyl adjacent to an activating group) is 1. The molecule has 3 N–H and O–H groups in total. The number of aryl methyl sites for hydroxylation is 1. The molecular formula is C10H15ClN2. The summed E-state index contributed by atoms with van der Waals surface area (Å²) in [7, 11) is 1.94. The van der Waals surface area contributed by atoms with Gasteiger partial charge in [0.2, 0.25) is 0 Å². The highest BCUT2D eigenvalue weighted by Crippen LogP contribution is 2.24. The van der Waals surface area contributed by atoms with Crippen molar-refractivity contribution < 1.29 is 0 Å². The number of nitrogen functional groups attached to an aromatic ring is 1. The molecule has 1 rings (SSSR count). The van der Waals surface area contributed by atoms with Crippen molar-refractivity contribution in [1.29, 1.82) is 0 Å². The van der Waals surface area contributed by atoms with Gasteiger partial charge in [-0.15, -0.1) is 0 Å². The first-order chi connectivity index (χ1) is 6.15. The third kappa shape index (κ3) is 2.61. The summed E-state index contributed by atoms with van der Waals surface area (Å²) in [5.74, 6) is 0. The van der Waals surface area contributed by atoms with Crippen LogP contribution in [0.5, 0.6) is 0 Å². The molecule has 72 valence electrons. The first kappa shape index (κ1) is 10.4. The fraction of sp³-hybridized carbons (Fsp3) is 0.400. The number of benzene rings is 1. The van der Waals surface area contributed by atoms with Crippen LogP contribution in [0.25, 0.3) is 0 Å². The van der Waals surface area contributed by atoms with E-state index in [1.165, 1.54) is 5.56 Å². The Bertz CT molecular complexity index is 274. The van der Waals surface area contributed by atoms with Gasteiger partial charge in [0.05, 0.1) is 10.7 Å². The Hall–Kier alpha value is -0.730. The van der Waals surface area contributed by atoms with Crippen molar-refractivity contribution in [3.8, 4) is 0 Å². The summed E-state index contributed by atoms with van der Waals surface area (Å²) in [6.07, 6.45) is 0.983. The first-order valence-corrected chi connectivity index (χ1v) is 4.72. The Morgan fingerprint density at radius 2 is 2.15 bits per heavy atom. The molecule has 0 spiro atoms. The SMILES string of the molecule is CNCCc1cc(C)c(N)c(Cl)c1. The summed E-state index contributed by atoms with van der Waals surface area (Å²) in [4.78, 5) is 0. The Morgan fingerprint density at radius 1 is 1.46 bits per heavy atom. The molecule has 1 aromatic carbocycles. The molecule has 0 bridgehead atoms. The van der Waals surface area contributed by atoms with Gasteiger partial charge in [-0.3, -0.25) is 0 Å². The summed E-state index contributed by atoms with van der Waals surface area (Å²) in [6.45, 7) is 2.93. The van der Waals surface area contributed by atoms with Crippen LogP contribution < -0.4 is 11.1 Å². The smallest absolute Gasteiger partial charge is 0.0640 e.